The minimum atomic E-state index is -4.35. The van der Waals surface area contributed by atoms with Crippen molar-refractivity contribution in [3.8, 4) is 0 Å². The molecule has 2 fully saturated rings. The van der Waals surface area contributed by atoms with Crippen LogP contribution < -0.4 is 5.32 Å². The van der Waals surface area contributed by atoms with E-state index in [1.165, 1.54) is 0 Å². The monoisotopic (exact) mass is 267 g/mol. The second-order valence-electron chi connectivity index (χ2n) is 4.95. The van der Waals surface area contributed by atoms with Crippen molar-refractivity contribution in [2.75, 3.05) is 26.2 Å². The summed E-state index contributed by atoms with van der Waals surface area (Å²) < 4.78 is 37.4. The Kier molecular flexibility index (Phi) is 3.97. The molecule has 2 aliphatic rings. The normalized spacial score (nSPS) is 27.9. The van der Waals surface area contributed by atoms with Crippen LogP contribution in [-0.4, -0.2) is 59.8 Å². The molecule has 1 amide bonds. The number of hydrogen-bond donors (Lipinski definition) is 1. The number of halogens is 3. The fourth-order valence-electron chi connectivity index (χ4n) is 2.64. The van der Waals surface area contributed by atoms with Gasteiger partial charge in [-0.3, -0.25) is 9.69 Å². The van der Waals surface area contributed by atoms with Gasteiger partial charge in [-0.15, -0.1) is 0 Å². The smallest absolute Gasteiger partial charge is 0.314 e. The molecule has 4 nitrogen and oxygen atoms in total. The molecule has 18 heavy (non-hydrogen) atoms. The molecule has 7 heteroatoms. The van der Waals surface area contributed by atoms with E-state index in [0.717, 1.165) is 4.90 Å². The Balaban J connectivity index is 0.00000162. The summed E-state index contributed by atoms with van der Waals surface area (Å²) in [6.07, 6.45) is -4.35. The fourth-order valence-corrected chi connectivity index (χ4v) is 2.64. The summed E-state index contributed by atoms with van der Waals surface area (Å²) in [6, 6.07) is -0.457. The topological polar surface area (TPSA) is 35.6 Å². The number of carbonyl (C=O) groups excluding carboxylic acids is 1. The predicted octanol–water partition coefficient (Wildman–Crippen LogP) is 1.04. The van der Waals surface area contributed by atoms with Crippen LogP contribution in [0, 0.1) is 0 Å². The number of hydrogen-bond acceptors (Lipinski definition) is 3. The number of fused-ring (bicyclic) bond motifs is 1. The Hall–Kier alpha value is -0.820. The number of amides is 1. The van der Waals surface area contributed by atoms with Crippen molar-refractivity contribution < 1.29 is 18.0 Å². The standard InChI is InChI=1S/C10H16F3N3O.CH4/c1-9(2)15-4-3-14-5-7(15)8(17)16(9)6-10(11,12)13;/h7,14H,3-6H2,1-2H3;1H4. The molecule has 1 N–H and O–H groups in total. The zero-order valence-electron chi connectivity index (χ0n) is 9.84. The third-order valence-electron chi connectivity index (χ3n) is 3.50. The lowest BCUT2D eigenvalue weighted by Gasteiger charge is -2.40. The molecule has 0 aromatic rings. The van der Waals surface area contributed by atoms with Crippen LogP contribution in [0.1, 0.15) is 21.3 Å². The largest absolute Gasteiger partial charge is 0.406 e. The molecule has 2 rings (SSSR count). The predicted molar refractivity (Wildman–Crippen MR) is 61.9 cm³/mol. The second kappa shape index (κ2) is 4.70. The minimum Gasteiger partial charge on any atom is -0.314 e. The molecule has 0 spiro atoms. The van der Waals surface area contributed by atoms with E-state index in [-0.39, 0.29) is 7.43 Å². The van der Waals surface area contributed by atoms with Crippen LogP contribution in [0.3, 0.4) is 0 Å². The minimum absolute atomic E-state index is 0. The summed E-state index contributed by atoms with van der Waals surface area (Å²) in [4.78, 5) is 14.8. The highest BCUT2D eigenvalue weighted by Gasteiger charge is 2.54. The maximum absolute atomic E-state index is 12.5. The molecule has 2 aliphatic heterocycles. The molecule has 1 atom stereocenters. The summed E-state index contributed by atoms with van der Waals surface area (Å²) in [5.41, 5.74) is -0.862. The zero-order chi connectivity index (χ0) is 12.8. The van der Waals surface area contributed by atoms with Crippen molar-refractivity contribution in [2.45, 2.75) is 39.2 Å². The van der Waals surface area contributed by atoms with Crippen molar-refractivity contribution in [3.63, 3.8) is 0 Å². The van der Waals surface area contributed by atoms with Crippen molar-refractivity contribution >= 4 is 5.91 Å². The molecule has 106 valence electrons. The second-order valence-corrected chi connectivity index (χ2v) is 4.95. The van der Waals surface area contributed by atoms with Crippen LogP contribution in [0.2, 0.25) is 0 Å². The zero-order valence-corrected chi connectivity index (χ0v) is 9.84. The summed E-state index contributed by atoms with van der Waals surface area (Å²) in [6.45, 7) is 3.89. The molecule has 0 saturated carbocycles. The van der Waals surface area contributed by atoms with Gasteiger partial charge in [0.2, 0.25) is 5.91 Å². The van der Waals surface area contributed by atoms with E-state index >= 15 is 0 Å². The first-order valence-electron chi connectivity index (χ1n) is 5.59. The molecule has 0 bridgehead atoms. The van der Waals surface area contributed by atoms with Crippen LogP contribution in [-0.2, 0) is 4.79 Å². The number of alkyl halides is 3. The number of rotatable bonds is 1. The first-order chi connectivity index (χ1) is 7.73. The van der Waals surface area contributed by atoms with Crippen LogP contribution in [0.4, 0.5) is 13.2 Å². The van der Waals surface area contributed by atoms with Gasteiger partial charge in [0.1, 0.15) is 12.6 Å². The number of nitrogens with one attached hydrogen (secondary N) is 1. The molecule has 2 heterocycles. The Morgan fingerprint density at radius 1 is 1.44 bits per heavy atom. The molecule has 0 radical (unpaired) electrons. The van der Waals surface area contributed by atoms with Gasteiger partial charge in [0, 0.05) is 19.6 Å². The molecule has 1 unspecified atom stereocenters. The summed E-state index contributed by atoms with van der Waals surface area (Å²) in [5, 5.41) is 3.04. The maximum atomic E-state index is 12.5. The van der Waals surface area contributed by atoms with Gasteiger partial charge in [-0.2, -0.15) is 13.2 Å². The van der Waals surface area contributed by atoms with Crippen LogP contribution in [0.25, 0.3) is 0 Å². The highest BCUT2D eigenvalue weighted by molar-refractivity contribution is 5.85. The van der Waals surface area contributed by atoms with Gasteiger partial charge in [0.25, 0.3) is 0 Å². The fraction of sp³-hybridized carbons (Fsp3) is 0.909. The number of piperazine rings is 1. The van der Waals surface area contributed by atoms with Gasteiger partial charge in [-0.25, -0.2) is 0 Å². The van der Waals surface area contributed by atoms with Crippen molar-refractivity contribution in [3.05, 3.63) is 0 Å². The molecule has 0 aliphatic carbocycles. The Labute approximate surface area is 105 Å². The third kappa shape index (κ3) is 2.47. The van der Waals surface area contributed by atoms with Crippen LogP contribution in [0.15, 0.2) is 0 Å². The van der Waals surface area contributed by atoms with Crippen LogP contribution in [0.5, 0.6) is 0 Å². The van der Waals surface area contributed by atoms with E-state index in [9.17, 15) is 18.0 Å². The lowest BCUT2D eigenvalue weighted by molar-refractivity contribution is -0.168. The van der Waals surface area contributed by atoms with Gasteiger partial charge in [-0.05, 0) is 13.8 Å². The van der Waals surface area contributed by atoms with Gasteiger partial charge in [0.15, 0.2) is 0 Å². The molecule has 2 saturated heterocycles. The van der Waals surface area contributed by atoms with Gasteiger partial charge >= 0.3 is 6.18 Å². The van der Waals surface area contributed by atoms with Gasteiger partial charge in [-0.1, -0.05) is 7.43 Å². The van der Waals surface area contributed by atoms with E-state index in [1.54, 1.807) is 13.8 Å². The van der Waals surface area contributed by atoms with E-state index < -0.39 is 30.3 Å². The first-order valence-corrected chi connectivity index (χ1v) is 5.59. The van der Waals surface area contributed by atoms with E-state index in [0.29, 0.717) is 19.6 Å². The summed E-state index contributed by atoms with van der Waals surface area (Å²) in [7, 11) is 0. The highest BCUT2D eigenvalue weighted by Crippen LogP contribution is 2.34. The molecular weight excluding hydrogens is 247 g/mol. The third-order valence-corrected chi connectivity index (χ3v) is 3.50. The lowest BCUT2D eigenvalue weighted by Crippen LogP contribution is -2.57. The van der Waals surface area contributed by atoms with Crippen molar-refractivity contribution in [1.82, 2.24) is 15.1 Å². The summed E-state index contributed by atoms with van der Waals surface area (Å²) in [5.74, 6) is -0.431. The van der Waals surface area contributed by atoms with Gasteiger partial charge in [0.05, 0.1) is 5.66 Å². The van der Waals surface area contributed by atoms with E-state index in [2.05, 4.69) is 5.32 Å². The quantitative estimate of drug-likeness (QED) is 0.771. The van der Waals surface area contributed by atoms with Crippen molar-refractivity contribution in [2.24, 2.45) is 0 Å². The van der Waals surface area contributed by atoms with E-state index in [1.807, 2.05) is 4.90 Å². The number of carbonyl (C=O) groups is 1. The van der Waals surface area contributed by atoms with E-state index in [4.69, 9.17) is 0 Å². The Morgan fingerprint density at radius 3 is 2.56 bits per heavy atom. The molecule has 0 aromatic carbocycles. The SMILES string of the molecule is C.CC1(C)N(CC(F)(F)F)C(=O)C2CNCCN21. The number of nitrogens with zero attached hydrogens (tertiary/aromatic N) is 2. The first kappa shape index (κ1) is 15.2. The molecule has 0 aromatic heterocycles. The lowest BCUT2D eigenvalue weighted by atomic mass is 10.1. The average Bonchev–Trinajstić information content (AvgIpc) is 2.39. The Bertz CT molecular complexity index is 330. The average molecular weight is 267 g/mol. The highest BCUT2D eigenvalue weighted by atomic mass is 19.4. The maximum Gasteiger partial charge on any atom is 0.406 e. The Morgan fingerprint density at radius 2 is 2.06 bits per heavy atom. The summed E-state index contributed by atoms with van der Waals surface area (Å²) >= 11 is 0. The van der Waals surface area contributed by atoms with Crippen molar-refractivity contribution in [1.29, 1.82) is 0 Å². The molecular formula is C11H20F3N3O. The van der Waals surface area contributed by atoms with Crippen LogP contribution >= 0.6 is 0 Å². The van der Waals surface area contributed by atoms with Gasteiger partial charge < -0.3 is 10.2 Å².